The van der Waals surface area contributed by atoms with Crippen molar-refractivity contribution >= 4 is 31.9 Å². The van der Waals surface area contributed by atoms with Gasteiger partial charge >= 0.3 is 0 Å². The number of benzene rings is 3. The first-order valence-corrected chi connectivity index (χ1v) is 12.3. The average molecular weight is 533 g/mol. The largest absolute Gasteiger partial charge is 0.496 e. The van der Waals surface area contributed by atoms with E-state index in [0.717, 1.165) is 10.0 Å². The Bertz CT molecular complexity index is 1160. The Morgan fingerprint density at radius 2 is 1.52 bits per heavy atom. The van der Waals surface area contributed by atoms with Crippen LogP contribution in [0.15, 0.2) is 82.2 Å². The van der Waals surface area contributed by atoms with Crippen molar-refractivity contribution in [2.45, 2.75) is 18.0 Å². The third kappa shape index (κ3) is 6.34. The third-order valence-electron chi connectivity index (χ3n) is 4.97. The van der Waals surface area contributed by atoms with Gasteiger partial charge < -0.3 is 14.8 Å². The fourth-order valence-electron chi connectivity index (χ4n) is 3.27. The number of nitrogens with zero attached hydrogens (tertiary/aromatic N) is 1. The summed E-state index contributed by atoms with van der Waals surface area (Å²) in [5.41, 5.74) is 1.44. The van der Waals surface area contributed by atoms with E-state index >= 15 is 0 Å². The molecule has 1 amide bonds. The second kappa shape index (κ2) is 11.3. The molecule has 0 spiro atoms. The first-order valence-electron chi connectivity index (χ1n) is 10.1. The van der Waals surface area contributed by atoms with Gasteiger partial charge in [0.25, 0.3) is 0 Å². The molecule has 0 saturated heterocycles. The second-order valence-electron chi connectivity index (χ2n) is 7.13. The summed E-state index contributed by atoms with van der Waals surface area (Å²) in [6, 6.07) is 20.8. The number of halogens is 1. The summed E-state index contributed by atoms with van der Waals surface area (Å²) in [5.74, 6) is 0.691. The van der Waals surface area contributed by atoms with E-state index in [2.05, 4.69) is 21.2 Å². The Balaban J connectivity index is 1.81. The minimum Gasteiger partial charge on any atom is -0.496 e. The Hall–Kier alpha value is -2.88. The van der Waals surface area contributed by atoms with E-state index in [1.165, 1.54) is 30.7 Å². The molecule has 3 aromatic rings. The highest BCUT2D eigenvalue weighted by Gasteiger charge is 2.27. The van der Waals surface area contributed by atoms with Gasteiger partial charge in [-0.05, 0) is 42.0 Å². The highest BCUT2D eigenvalue weighted by atomic mass is 79.9. The number of hydrogen-bond acceptors (Lipinski definition) is 5. The second-order valence-corrected chi connectivity index (χ2v) is 9.98. The topological polar surface area (TPSA) is 84.9 Å². The molecule has 0 unspecified atom stereocenters. The number of nitrogens with one attached hydrogen (secondary N) is 1. The monoisotopic (exact) mass is 532 g/mol. The Morgan fingerprint density at radius 3 is 2.09 bits per heavy atom. The van der Waals surface area contributed by atoms with Gasteiger partial charge in [-0.3, -0.25) is 4.79 Å². The smallest absolute Gasteiger partial charge is 0.243 e. The number of ether oxygens (including phenoxy) is 2. The molecule has 0 radical (unpaired) electrons. The van der Waals surface area contributed by atoms with E-state index in [4.69, 9.17) is 9.47 Å². The minimum atomic E-state index is -3.92. The molecule has 3 rings (SSSR count). The molecular weight excluding hydrogens is 508 g/mol. The van der Waals surface area contributed by atoms with Crippen LogP contribution >= 0.6 is 15.9 Å². The van der Waals surface area contributed by atoms with E-state index in [9.17, 15) is 13.2 Å². The van der Waals surface area contributed by atoms with E-state index < -0.39 is 15.9 Å². The molecule has 1 N–H and O–H groups in total. The zero-order chi connectivity index (χ0) is 23.8. The van der Waals surface area contributed by atoms with Crippen molar-refractivity contribution in [2.24, 2.45) is 0 Å². The summed E-state index contributed by atoms with van der Waals surface area (Å²) in [6.45, 7) is -0.154. The van der Waals surface area contributed by atoms with Crippen LogP contribution in [0.2, 0.25) is 0 Å². The fraction of sp³-hybridized carbons (Fsp3) is 0.208. The highest BCUT2D eigenvalue weighted by molar-refractivity contribution is 9.10. The maximum atomic E-state index is 13.3. The van der Waals surface area contributed by atoms with E-state index in [1.54, 1.807) is 30.3 Å². The molecule has 0 aliphatic heterocycles. The van der Waals surface area contributed by atoms with Gasteiger partial charge in [-0.1, -0.05) is 52.3 Å². The van der Waals surface area contributed by atoms with Gasteiger partial charge in [-0.25, -0.2) is 8.42 Å². The van der Waals surface area contributed by atoms with Crippen molar-refractivity contribution < 1.29 is 22.7 Å². The lowest BCUT2D eigenvalue weighted by atomic mass is 10.1. The van der Waals surface area contributed by atoms with Crippen LogP contribution < -0.4 is 14.8 Å². The summed E-state index contributed by atoms with van der Waals surface area (Å²) in [7, 11) is -0.849. The van der Waals surface area contributed by atoms with Crippen molar-refractivity contribution in [1.82, 2.24) is 9.62 Å². The maximum Gasteiger partial charge on any atom is 0.243 e. The lowest BCUT2D eigenvalue weighted by Gasteiger charge is -2.22. The van der Waals surface area contributed by atoms with Crippen LogP contribution in [-0.4, -0.2) is 39.4 Å². The van der Waals surface area contributed by atoms with Gasteiger partial charge in [-0.2, -0.15) is 4.31 Å². The zero-order valence-corrected chi connectivity index (χ0v) is 20.7. The van der Waals surface area contributed by atoms with Crippen LogP contribution in [0.5, 0.6) is 11.5 Å². The number of methoxy groups -OCH3 is 2. The normalized spacial score (nSPS) is 11.3. The van der Waals surface area contributed by atoms with Crippen molar-refractivity contribution in [3.8, 4) is 11.5 Å². The molecule has 33 heavy (non-hydrogen) atoms. The van der Waals surface area contributed by atoms with Crippen LogP contribution in [0, 0.1) is 0 Å². The molecule has 0 atom stereocenters. The van der Waals surface area contributed by atoms with E-state index in [-0.39, 0.29) is 24.5 Å². The van der Waals surface area contributed by atoms with Gasteiger partial charge in [0.2, 0.25) is 15.9 Å². The molecule has 3 aromatic carbocycles. The third-order valence-corrected chi connectivity index (χ3v) is 7.30. The summed E-state index contributed by atoms with van der Waals surface area (Å²) in [5, 5.41) is 2.78. The van der Waals surface area contributed by atoms with Crippen LogP contribution in [0.25, 0.3) is 0 Å². The molecule has 0 fully saturated rings. The Kier molecular flexibility index (Phi) is 8.49. The van der Waals surface area contributed by atoms with E-state index in [1.807, 2.05) is 30.3 Å². The molecular formula is C24H25BrN2O5S. The molecule has 0 heterocycles. The highest BCUT2D eigenvalue weighted by Crippen LogP contribution is 2.28. The number of carbonyl (C=O) groups is 1. The molecule has 9 heteroatoms. The number of hydrogen-bond donors (Lipinski definition) is 1. The minimum absolute atomic E-state index is 0.0602. The molecule has 7 nitrogen and oxygen atoms in total. The lowest BCUT2D eigenvalue weighted by Crippen LogP contribution is -2.40. The molecule has 0 bridgehead atoms. The molecule has 0 aromatic heterocycles. The number of sulfonamides is 1. The quantitative estimate of drug-likeness (QED) is 0.427. The molecule has 0 aliphatic rings. The Morgan fingerprint density at radius 1 is 0.909 bits per heavy atom. The average Bonchev–Trinajstić information content (AvgIpc) is 2.83. The predicted octanol–water partition coefficient (Wildman–Crippen LogP) is 3.97. The predicted molar refractivity (Wildman–Crippen MR) is 130 cm³/mol. The number of carbonyl (C=O) groups excluding carboxylic acids is 1. The summed E-state index contributed by atoms with van der Waals surface area (Å²) < 4.78 is 39.4. The first kappa shape index (κ1) is 24.8. The number of rotatable bonds is 10. The van der Waals surface area contributed by atoms with Crippen molar-refractivity contribution in [3.63, 3.8) is 0 Å². The molecule has 0 saturated carbocycles. The maximum absolute atomic E-state index is 13.3. The molecule has 174 valence electrons. The lowest BCUT2D eigenvalue weighted by molar-refractivity contribution is -0.121. The van der Waals surface area contributed by atoms with Crippen LogP contribution in [0.1, 0.15) is 11.1 Å². The molecule has 0 aliphatic carbocycles. The van der Waals surface area contributed by atoms with Crippen LogP contribution in [0.3, 0.4) is 0 Å². The van der Waals surface area contributed by atoms with Gasteiger partial charge in [0.15, 0.2) is 0 Å². The first-order chi connectivity index (χ1) is 15.8. The zero-order valence-electron chi connectivity index (χ0n) is 18.3. The summed E-state index contributed by atoms with van der Waals surface area (Å²) >= 11 is 3.32. The fourth-order valence-corrected chi connectivity index (χ4v) is 4.92. The van der Waals surface area contributed by atoms with Gasteiger partial charge in [0, 0.05) is 11.0 Å². The SMILES string of the molecule is COc1cccc(OC)c1CNC(=O)CN(Cc1ccccc1)S(=O)(=O)c1ccc(Br)cc1. The summed E-state index contributed by atoms with van der Waals surface area (Å²) in [4.78, 5) is 13.0. The van der Waals surface area contributed by atoms with Gasteiger partial charge in [0.05, 0.1) is 37.8 Å². The van der Waals surface area contributed by atoms with Gasteiger partial charge in [-0.15, -0.1) is 0 Å². The van der Waals surface area contributed by atoms with E-state index in [0.29, 0.717) is 17.1 Å². The van der Waals surface area contributed by atoms with Crippen molar-refractivity contribution in [3.05, 3.63) is 88.4 Å². The van der Waals surface area contributed by atoms with Crippen LogP contribution in [-0.2, 0) is 27.9 Å². The Labute approximate surface area is 202 Å². The summed E-state index contributed by atoms with van der Waals surface area (Å²) in [6.07, 6.45) is 0. The number of amides is 1. The van der Waals surface area contributed by atoms with Gasteiger partial charge in [0.1, 0.15) is 11.5 Å². The van der Waals surface area contributed by atoms with Crippen molar-refractivity contribution in [2.75, 3.05) is 20.8 Å². The van der Waals surface area contributed by atoms with Crippen LogP contribution in [0.4, 0.5) is 0 Å². The standard InChI is InChI=1S/C24H25BrN2O5S/c1-31-22-9-6-10-23(32-2)21(22)15-26-24(28)17-27(16-18-7-4-3-5-8-18)33(29,30)20-13-11-19(25)12-14-20/h3-14H,15-17H2,1-2H3,(H,26,28). The van der Waals surface area contributed by atoms with Crippen molar-refractivity contribution in [1.29, 1.82) is 0 Å².